The van der Waals surface area contributed by atoms with Crippen molar-refractivity contribution in [1.82, 2.24) is 26.0 Å². The summed E-state index contributed by atoms with van der Waals surface area (Å²) in [6.07, 6.45) is 1.94. The van der Waals surface area contributed by atoms with E-state index in [2.05, 4.69) is 20.6 Å². The number of amides is 4. The lowest BCUT2D eigenvalue weighted by molar-refractivity contribution is -0.130. The van der Waals surface area contributed by atoms with Gasteiger partial charge in [-0.15, -0.1) is 0 Å². The van der Waals surface area contributed by atoms with E-state index in [9.17, 15) is 19.2 Å². The molecule has 0 aromatic carbocycles. The largest absolute Gasteiger partial charge is 0.444 e. The first-order valence-corrected chi connectivity index (χ1v) is 8.57. The van der Waals surface area contributed by atoms with Gasteiger partial charge in [0.2, 0.25) is 11.8 Å². The molecule has 0 radical (unpaired) electrons. The molecule has 4 amide bonds. The van der Waals surface area contributed by atoms with Crippen LogP contribution in [0.3, 0.4) is 0 Å². The molecule has 0 fully saturated rings. The van der Waals surface area contributed by atoms with Gasteiger partial charge in [-0.05, 0) is 27.2 Å². The summed E-state index contributed by atoms with van der Waals surface area (Å²) in [4.78, 5) is 54.4. The molecule has 28 heavy (non-hydrogen) atoms. The summed E-state index contributed by atoms with van der Waals surface area (Å²) in [5.41, 5.74) is 6.90. The number of imidazole rings is 1. The second kappa shape index (κ2) is 10.3. The Morgan fingerprint density at radius 3 is 2.36 bits per heavy atom. The summed E-state index contributed by atoms with van der Waals surface area (Å²) < 4.78 is 5.13. The molecule has 0 aliphatic heterocycles. The third-order valence-corrected chi connectivity index (χ3v) is 3.44. The van der Waals surface area contributed by atoms with Crippen molar-refractivity contribution in [3.63, 3.8) is 0 Å². The molecule has 0 saturated heterocycles. The van der Waals surface area contributed by atoms with Crippen molar-refractivity contribution in [2.45, 2.75) is 57.7 Å². The first-order valence-electron chi connectivity index (χ1n) is 8.57. The van der Waals surface area contributed by atoms with Gasteiger partial charge in [0.1, 0.15) is 17.7 Å². The molecule has 156 valence electrons. The predicted octanol–water partition coefficient (Wildman–Crippen LogP) is -1.41. The number of ether oxygens (including phenoxy) is 1. The van der Waals surface area contributed by atoms with Crippen LogP contribution in [0.5, 0.6) is 0 Å². The van der Waals surface area contributed by atoms with Crippen LogP contribution in [-0.4, -0.2) is 51.5 Å². The molecule has 0 spiro atoms. The number of nitrogens with two attached hydrogens (primary N) is 2. The number of aromatic amines is 1. The third kappa shape index (κ3) is 8.49. The van der Waals surface area contributed by atoms with Crippen molar-refractivity contribution in [3.8, 4) is 0 Å². The molecule has 1 heterocycles. The molecule has 8 N–H and O–H groups in total. The highest BCUT2D eigenvalue weighted by atomic mass is 16.6. The standard InChI is InChI=1S/C16H27N7O5/c1-16(2,3)28-15(27)22-10(4-5-12(17)24)13(25)21-11(14(26)23-18)6-9-7-19-8-20-9/h7-8,10-11H,4-6,18H2,1-3H3,(H2,17,24)(H,19,20)(H,21,25)(H,22,27)(H,23,26)/t10-,11-/m0/s1. The lowest BCUT2D eigenvalue weighted by Gasteiger charge is -2.24. The van der Waals surface area contributed by atoms with Crippen LogP contribution >= 0.6 is 0 Å². The quantitative estimate of drug-likeness (QED) is 0.167. The van der Waals surface area contributed by atoms with E-state index >= 15 is 0 Å². The molecule has 1 rings (SSSR count). The Morgan fingerprint density at radius 1 is 1.18 bits per heavy atom. The number of nitrogens with one attached hydrogen (secondary N) is 4. The van der Waals surface area contributed by atoms with E-state index in [0.717, 1.165) is 0 Å². The van der Waals surface area contributed by atoms with E-state index in [-0.39, 0.29) is 19.3 Å². The summed E-state index contributed by atoms with van der Waals surface area (Å²) >= 11 is 0. The highest BCUT2D eigenvalue weighted by Gasteiger charge is 2.28. The number of hydrogen-bond acceptors (Lipinski definition) is 7. The second-order valence-corrected chi connectivity index (χ2v) is 7.05. The maximum Gasteiger partial charge on any atom is 0.408 e. The Bertz CT molecular complexity index is 684. The Balaban J connectivity index is 2.86. The fourth-order valence-electron chi connectivity index (χ4n) is 2.20. The molecule has 1 aromatic rings. The fraction of sp³-hybridized carbons (Fsp3) is 0.562. The minimum absolute atomic E-state index is 0.0680. The number of aromatic nitrogens is 2. The maximum absolute atomic E-state index is 12.6. The lowest BCUT2D eigenvalue weighted by Crippen LogP contribution is -2.55. The highest BCUT2D eigenvalue weighted by Crippen LogP contribution is 2.08. The normalized spacial score (nSPS) is 13.1. The van der Waals surface area contributed by atoms with Gasteiger partial charge < -0.3 is 26.1 Å². The van der Waals surface area contributed by atoms with Crippen molar-refractivity contribution >= 4 is 23.8 Å². The fourth-order valence-corrected chi connectivity index (χ4v) is 2.20. The van der Waals surface area contributed by atoms with E-state index in [4.69, 9.17) is 16.3 Å². The van der Waals surface area contributed by atoms with Gasteiger partial charge in [-0.2, -0.15) is 0 Å². The van der Waals surface area contributed by atoms with Crippen LogP contribution in [0.4, 0.5) is 4.79 Å². The monoisotopic (exact) mass is 397 g/mol. The van der Waals surface area contributed by atoms with Crippen molar-refractivity contribution in [2.24, 2.45) is 11.6 Å². The van der Waals surface area contributed by atoms with E-state index in [1.165, 1.54) is 12.5 Å². The smallest absolute Gasteiger partial charge is 0.408 e. The number of hydrogen-bond donors (Lipinski definition) is 6. The van der Waals surface area contributed by atoms with Crippen LogP contribution in [-0.2, 0) is 25.5 Å². The zero-order valence-corrected chi connectivity index (χ0v) is 16.1. The summed E-state index contributed by atoms with van der Waals surface area (Å²) in [7, 11) is 0. The zero-order chi connectivity index (χ0) is 21.3. The number of primary amides is 1. The van der Waals surface area contributed by atoms with Gasteiger partial charge in [-0.25, -0.2) is 15.6 Å². The topological polar surface area (TPSA) is 194 Å². The third-order valence-electron chi connectivity index (χ3n) is 3.44. The van der Waals surface area contributed by atoms with Crippen LogP contribution in [0.15, 0.2) is 12.5 Å². The number of carbonyl (C=O) groups excluding carboxylic acids is 4. The van der Waals surface area contributed by atoms with Gasteiger partial charge in [0.15, 0.2) is 0 Å². The molecule has 1 aromatic heterocycles. The average Bonchev–Trinajstić information content (AvgIpc) is 3.08. The van der Waals surface area contributed by atoms with Gasteiger partial charge in [-0.1, -0.05) is 0 Å². The van der Waals surface area contributed by atoms with Crippen LogP contribution in [0.1, 0.15) is 39.3 Å². The van der Waals surface area contributed by atoms with E-state index < -0.39 is 41.5 Å². The molecular formula is C16H27N7O5. The number of H-pyrrole nitrogens is 1. The van der Waals surface area contributed by atoms with Gasteiger partial charge in [-0.3, -0.25) is 19.8 Å². The first-order chi connectivity index (χ1) is 13.0. The molecule has 0 aliphatic rings. The van der Waals surface area contributed by atoms with Crippen LogP contribution in [0, 0.1) is 0 Å². The van der Waals surface area contributed by atoms with E-state index in [0.29, 0.717) is 5.69 Å². The first kappa shape index (κ1) is 22.9. The maximum atomic E-state index is 12.6. The second-order valence-electron chi connectivity index (χ2n) is 7.05. The molecule has 0 bridgehead atoms. The van der Waals surface area contributed by atoms with Crippen LogP contribution in [0.2, 0.25) is 0 Å². The zero-order valence-electron chi connectivity index (χ0n) is 16.1. The molecule has 0 aliphatic carbocycles. The highest BCUT2D eigenvalue weighted by molar-refractivity contribution is 5.91. The molecule has 0 saturated carbocycles. The SMILES string of the molecule is CC(C)(C)OC(=O)N[C@@H](CCC(N)=O)C(=O)N[C@@H](Cc1cnc[nH]1)C(=O)NN. The number of nitrogens with zero attached hydrogens (tertiary/aromatic N) is 1. The van der Waals surface area contributed by atoms with Crippen molar-refractivity contribution in [1.29, 1.82) is 0 Å². The minimum Gasteiger partial charge on any atom is -0.444 e. The van der Waals surface area contributed by atoms with Crippen molar-refractivity contribution < 1.29 is 23.9 Å². The summed E-state index contributed by atoms with van der Waals surface area (Å²) in [5.74, 6) is 3.19. The van der Waals surface area contributed by atoms with E-state index in [1.54, 1.807) is 20.8 Å². The van der Waals surface area contributed by atoms with Gasteiger partial charge in [0.25, 0.3) is 5.91 Å². The summed E-state index contributed by atoms with van der Waals surface area (Å²) in [5, 5.41) is 4.88. The summed E-state index contributed by atoms with van der Waals surface area (Å²) in [6, 6.07) is -2.17. The minimum atomic E-state index is -1.14. The lowest BCUT2D eigenvalue weighted by atomic mass is 10.1. The Kier molecular flexibility index (Phi) is 8.38. The Morgan fingerprint density at radius 2 is 1.86 bits per heavy atom. The molecule has 12 heteroatoms. The number of carbonyl (C=O) groups is 4. The number of hydrazine groups is 1. The van der Waals surface area contributed by atoms with Gasteiger partial charge >= 0.3 is 6.09 Å². The molecule has 0 unspecified atom stereocenters. The van der Waals surface area contributed by atoms with E-state index in [1.807, 2.05) is 5.43 Å². The van der Waals surface area contributed by atoms with Crippen LogP contribution < -0.4 is 27.6 Å². The average molecular weight is 397 g/mol. The van der Waals surface area contributed by atoms with Crippen molar-refractivity contribution in [2.75, 3.05) is 0 Å². The molecular weight excluding hydrogens is 370 g/mol. The predicted molar refractivity (Wildman–Crippen MR) is 98.1 cm³/mol. The number of alkyl carbamates (subject to hydrolysis) is 1. The molecule has 12 nitrogen and oxygen atoms in total. The molecule has 2 atom stereocenters. The van der Waals surface area contributed by atoms with Gasteiger partial charge in [0, 0.05) is 24.7 Å². The number of rotatable bonds is 9. The van der Waals surface area contributed by atoms with Gasteiger partial charge in [0.05, 0.1) is 6.33 Å². The summed E-state index contributed by atoms with van der Waals surface area (Å²) in [6.45, 7) is 4.99. The van der Waals surface area contributed by atoms with Crippen molar-refractivity contribution in [3.05, 3.63) is 18.2 Å². The Labute approximate surface area is 162 Å². The Hall–Kier alpha value is -3.15. The van der Waals surface area contributed by atoms with Crippen LogP contribution in [0.25, 0.3) is 0 Å².